The highest BCUT2D eigenvalue weighted by Crippen LogP contribution is 2.25. The Kier molecular flexibility index (Phi) is 5.60. The van der Waals surface area contributed by atoms with Crippen LogP contribution in [0.25, 0.3) is 0 Å². The molecular formula is C23H27N3O2. The quantitative estimate of drug-likeness (QED) is 0.838. The molecule has 3 amide bonds. The van der Waals surface area contributed by atoms with Gasteiger partial charge in [0.15, 0.2) is 0 Å². The molecule has 0 unspecified atom stereocenters. The first-order valence-corrected chi connectivity index (χ1v) is 10.2. The summed E-state index contributed by atoms with van der Waals surface area (Å²) in [7, 11) is 0. The summed E-state index contributed by atoms with van der Waals surface area (Å²) in [6.45, 7) is 1.21. The number of nitrogens with zero attached hydrogens (tertiary/aromatic N) is 1. The van der Waals surface area contributed by atoms with E-state index in [1.54, 1.807) is 4.90 Å². The van der Waals surface area contributed by atoms with Gasteiger partial charge in [0.25, 0.3) is 0 Å². The molecule has 0 radical (unpaired) electrons. The topological polar surface area (TPSA) is 61.4 Å². The molecule has 2 aromatic rings. The molecule has 1 heterocycles. The Morgan fingerprint density at radius 1 is 0.893 bits per heavy atom. The molecule has 0 bridgehead atoms. The molecule has 2 aliphatic rings. The average Bonchev–Trinajstić information content (AvgIpc) is 3.57. The number of piperidine rings is 1. The van der Waals surface area contributed by atoms with E-state index in [9.17, 15) is 9.59 Å². The number of amides is 3. The molecule has 2 aromatic carbocycles. The molecule has 5 nitrogen and oxygen atoms in total. The second-order valence-corrected chi connectivity index (χ2v) is 7.77. The minimum atomic E-state index is -0.189. The van der Waals surface area contributed by atoms with Crippen LogP contribution < -0.4 is 10.6 Å². The van der Waals surface area contributed by atoms with Crippen LogP contribution in [0, 0.1) is 5.92 Å². The van der Waals surface area contributed by atoms with Crippen LogP contribution in [0.2, 0.25) is 0 Å². The summed E-state index contributed by atoms with van der Waals surface area (Å²) in [5, 5.41) is 6.27. The maximum absolute atomic E-state index is 13.1. The normalized spacial score (nSPS) is 19.3. The molecular weight excluding hydrogens is 350 g/mol. The Hall–Kier alpha value is -2.82. The molecule has 0 spiro atoms. The third-order valence-corrected chi connectivity index (χ3v) is 5.54. The molecule has 146 valence electrons. The van der Waals surface area contributed by atoms with Crippen LogP contribution in [0.15, 0.2) is 60.7 Å². The van der Waals surface area contributed by atoms with Gasteiger partial charge in [0.2, 0.25) is 5.91 Å². The van der Waals surface area contributed by atoms with E-state index in [0.717, 1.165) is 43.4 Å². The van der Waals surface area contributed by atoms with Gasteiger partial charge >= 0.3 is 6.03 Å². The summed E-state index contributed by atoms with van der Waals surface area (Å²) in [6.07, 6.45) is 3.81. The third-order valence-electron chi connectivity index (χ3n) is 5.54. The number of benzene rings is 2. The van der Waals surface area contributed by atoms with Gasteiger partial charge in [-0.2, -0.15) is 0 Å². The highest BCUT2D eigenvalue weighted by atomic mass is 16.2. The van der Waals surface area contributed by atoms with Crippen molar-refractivity contribution in [2.45, 2.75) is 37.8 Å². The zero-order valence-corrected chi connectivity index (χ0v) is 16.0. The molecule has 1 saturated carbocycles. The van der Waals surface area contributed by atoms with Gasteiger partial charge < -0.3 is 15.5 Å². The summed E-state index contributed by atoms with van der Waals surface area (Å²) in [6, 6.07) is 20.2. The Balaban J connectivity index is 1.45. The molecule has 1 aliphatic carbocycles. The lowest BCUT2D eigenvalue weighted by molar-refractivity contribution is -0.126. The van der Waals surface area contributed by atoms with Crippen molar-refractivity contribution in [3.8, 4) is 0 Å². The largest absolute Gasteiger partial charge is 0.345 e. The number of nitrogens with one attached hydrogen (secondary N) is 2. The van der Waals surface area contributed by atoms with E-state index in [0.29, 0.717) is 12.6 Å². The van der Waals surface area contributed by atoms with Gasteiger partial charge in [-0.05, 0) is 36.8 Å². The van der Waals surface area contributed by atoms with Gasteiger partial charge in [0.05, 0.1) is 12.0 Å². The van der Waals surface area contributed by atoms with Crippen molar-refractivity contribution in [2.75, 3.05) is 13.1 Å². The first-order chi connectivity index (χ1) is 13.7. The Bertz CT molecular complexity index is 766. The van der Waals surface area contributed by atoms with Crippen LogP contribution in [0.4, 0.5) is 4.79 Å². The summed E-state index contributed by atoms with van der Waals surface area (Å²) >= 11 is 0. The van der Waals surface area contributed by atoms with Gasteiger partial charge in [0.1, 0.15) is 0 Å². The van der Waals surface area contributed by atoms with Crippen molar-refractivity contribution >= 4 is 11.9 Å². The summed E-state index contributed by atoms with van der Waals surface area (Å²) in [5.74, 6) is -0.157. The first kappa shape index (κ1) is 18.5. The molecule has 5 heteroatoms. The Morgan fingerprint density at radius 2 is 1.50 bits per heavy atom. The van der Waals surface area contributed by atoms with Crippen LogP contribution in [-0.4, -0.2) is 36.0 Å². The molecule has 4 rings (SSSR count). The predicted octanol–water partition coefficient (Wildman–Crippen LogP) is 3.48. The van der Waals surface area contributed by atoms with Gasteiger partial charge in [-0.25, -0.2) is 4.79 Å². The van der Waals surface area contributed by atoms with Crippen molar-refractivity contribution in [2.24, 2.45) is 5.92 Å². The SMILES string of the molecule is O=C(NC(c1ccccc1)c1ccccc1)[C@@H]1CCCN(C(=O)NC2CC2)C1. The highest BCUT2D eigenvalue weighted by molar-refractivity contribution is 5.81. The van der Waals surface area contributed by atoms with E-state index in [2.05, 4.69) is 10.6 Å². The smallest absolute Gasteiger partial charge is 0.317 e. The molecule has 0 aromatic heterocycles. The van der Waals surface area contributed by atoms with E-state index in [-0.39, 0.29) is 23.9 Å². The lowest BCUT2D eigenvalue weighted by atomic mass is 9.94. The van der Waals surface area contributed by atoms with Crippen LogP contribution in [0.5, 0.6) is 0 Å². The fourth-order valence-corrected chi connectivity index (χ4v) is 3.78. The van der Waals surface area contributed by atoms with Crippen LogP contribution in [0.3, 0.4) is 0 Å². The monoisotopic (exact) mass is 377 g/mol. The fraction of sp³-hybridized carbons (Fsp3) is 0.391. The minimum absolute atomic E-state index is 0.0154. The van der Waals surface area contributed by atoms with E-state index in [4.69, 9.17) is 0 Å². The molecule has 2 fully saturated rings. The minimum Gasteiger partial charge on any atom is -0.345 e. The molecule has 1 aliphatic heterocycles. The van der Waals surface area contributed by atoms with Crippen LogP contribution in [-0.2, 0) is 4.79 Å². The van der Waals surface area contributed by atoms with E-state index >= 15 is 0 Å². The van der Waals surface area contributed by atoms with E-state index in [1.807, 2.05) is 60.7 Å². The number of carbonyl (C=O) groups is 2. The van der Waals surface area contributed by atoms with Crippen molar-refractivity contribution in [1.29, 1.82) is 0 Å². The number of rotatable bonds is 5. The zero-order chi connectivity index (χ0) is 19.3. The standard InChI is InChI=1S/C23H27N3O2/c27-22(19-12-7-15-26(16-19)23(28)24-20-13-14-20)25-21(17-8-3-1-4-9-17)18-10-5-2-6-11-18/h1-6,8-11,19-21H,7,12-16H2,(H,24,28)(H,25,27)/t19-/m1/s1. The highest BCUT2D eigenvalue weighted by Gasteiger charge is 2.32. The van der Waals surface area contributed by atoms with Crippen molar-refractivity contribution in [3.05, 3.63) is 71.8 Å². The maximum atomic E-state index is 13.1. The lowest BCUT2D eigenvalue weighted by Crippen LogP contribution is -2.49. The Morgan fingerprint density at radius 3 is 2.07 bits per heavy atom. The van der Waals surface area contributed by atoms with Crippen molar-refractivity contribution in [3.63, 3.8) is 0 Å². The number of urea groups is 1. The average molecular weight is 377 g/mol. The van der Waals surface area contributed by atoms with Crippen molar-refractivity contribution < 1.29 is 9.59 Å². The van der Waals surface area contributed by atoms with Gasteiger partial charge in [0, 0.05) is 19.1 Å². The summed E-state index contributed by atoms with van der Waals surface area (Å²) in [4.78, 5) is 27.3. The second kappa shape index (κ2) is 8.46. The number of likely N-dealkylation sites (tertiary alicyclic amines) is 1. The first-order valence-electron chi connectivity index (χ1n) is 10.2. The Labute approximate surface area is 166 Å². The van der Waals surface area contributed by atoms with Gasteiger partial charge in [-0.3, -0.25) is 4.79 Å². The molecule has 1 saturated heterocycles. The maximum Gasteiger partial charge on any atom is 0.317 e. The number of hydrogen-bond acceptors (Lipinski definition) is 2. The zero-order valence-electron chi connectivity index (χ0n) is 16.0. The molecule has 1 atom stereocenters. The lowest BCUT2D eigenvalue weighted by Gasteiger charge is -2.33. The molecule has 28 heavy (non-hydrogen) atoms. The van der Waals surface area contributed by atoms with Crippen LogP contribution >= 0.6 is 0 Å². The van der Waals surface area contributed by atoms with Crippen molar-refractivity contribution in [1.82, 2.24) is 15.5 Å². The van der Waals surface area contributed by atoms with E-state index < -0.39 is 0 Å². The predicted molar refractivity (Wildman–Crippen MR) is 109 cm³/mol. The van der Waals surface area contributed by atoms with Gasteiger partial charge in [-0.15, -0.1) is 0 Å². The molecule has 2 N–H and O–H groups in total. The third kappa shape index (κ3) is 4.53. The second-order valence-electron chi connectivity index (χ2n) is 7.77. The number of carbonyl (C=O) groups excluding carboxylic acids is 2. The van der Waals surface area contributed by atoms with Crippen LogP contribution in [0.1, 0.15) is 42.9 Å². The summed E-state index contributed by atoms with van der Waals surface area (Å²) in [5.41, 5.74) is 2.11. The van der Waals surface area contributed by atoms with E-state index in [1.165, 1.54) is 0 Å². The van der Waals surface area contributed by atoms with Gasteiger partial charge in [-0.1, -0.05) is 60.7 Å². The summed E-state index contributed by atoms with van der Waals surface area (Å²) < 4.78 is 0. The fourth-order valence-electron chi connectivity index (χ4n) is 3.78. The number of hydrogen-bond donors (Lipinski definition) is 2.